The molecule has 0 aliphatic carbocycles. The number of aromatic nitrogens is 2. The molecule has 4 rings (SSSR count). The van der Waals surface area contributed by atoms with Gasteiger partial charge in [0.2, 0.25) is 0 Å². The maximum Gasteiger partial charge on any atom is 0.251 e. The molecule has 4 aromatic rings. The van der Waals surface area contributed by atoms with Crippen molar-refractivity contribution in [2.75, 3.05) is 13.2 Å². The van der Waals surface area contributed by atoms with Gasteiger partial charge in [-0.25, -0.2) is 4.98 Å². The fourth-order valence-electron chi connectivity index (χ4n) is 4.61. The Morgan fingerprint density at radius 1 is 0.946 bits per heavy atom. The first kappa shape index (κ1) is 26.7. The molecular formula is C31H36ClN3O2. The predicted octanol–water partition coefficient (Wildman–Crippen LogP) is 7.31. The molecule has 0 bridgehead atoms. The van der Waals surface area contributed by atoms with Crippen LogP contribution in [0, 0.1) is 13.8 Å². The Labute approximate surface area is 224 Å². The summed E-state index contributed by atoms with van der Waals surface area (Å²) < 4.78 is 8.20. The van der Waals surface area contributed by atoms with Crippen molar-refractivity contribution in [3.8, 4) is 5.75 Å². The number of aryl methyl sites for hydroxylation is 4. The summed E-state index contributed by atoms with van der Waals surface area (Å²) in [7, 11) is 0. The molecule has 1 heterocycles. The van der Waals surface area contributed by atoms with Gasteiger partial charge in [-0.2, -0.15) is 0 Å². The van der Waals surface area contributed by atoms with Gasteiger partial charge in [0.25, 0.3) is 5.91 Å². The first-order chi connectivity index (χ1) is 18.0. The molecule has 0 saturated heterocycles. The van der Waals surface area contributed by atoms with Crippen molar-refractivity contribution in [3.05, 3.63) is 94.3 Å². The number of fused-ring (bicyclic) bond motifs is 1. The number of para-hydroxylation sites is 2. The summed E-state index contributed by atoms with van der Waals surface area (Å²) in [6.45, 7) is 6.32. The van der Waals surface area contributed by atoms with Gasteiger partial charge in [-0.15, -0.1) is 0 Å². The zero-order chi connectivity index (χ0) is 26.0. The van der Waals surface area contributed by atoms with Crippen LogP contribution in [-0.4, -0.2) is 28.6 Å². The number of rotatable bonds is 13. The topological polar surface area (TPSA) is 56.2 Å². The highest BCUT2D eigenvalue weighted by molar-refractivity contribution is 6.30. The number of benzene rings is 3. The van der Waals surface area contributed by atoms with Gasteiger partial charge in [-0.1, -0.05) is 47.9 Å². The number of nitrogens with zero attached hydrogens (tertiary/aromatic N) is 2. The zero-order valence-electron chi connectivity index (χ0n) is 21.8. The van der Waals surface area contributed by atoms with Gasteiger partial charge in [0.1, 0.15) is 11.6 Å². The quantitative estimate of drug-likeness (QED) is 0.189. The van der Waals surface area contributed by atoms with E-state index in [1.807, 2.05) is 62.4 Å². The van der Waals surface area contributed by atoms with Gasteiger partial charge >= 0.3 is 0 Å². The van der Waals surface area contributed by atoms with E-state index in [9.17, 15) is 4.79 Å². The number of carbonyl (C=O) groups excluding carboxylic acids is 1. The van der Waals surface area contributed by atoms with Crippen molar-refractivity contribution >= 4 is 28.5 Å². The molecule has 0 radical (unpaired) electrons. The average molecular weight is 518 g/mol. The van der Waals surface area contributed by atoms with E-state index in [1.165, 1.54) is 11.1 Å². The molecule has 1 amide bonds. The van der Waals surface area contributed by atoms with Gasteiger partial charge in [0.15, 0.2) is 0 Å². The third kappa shape index (κ3) is 7.59. The van der Waals surface area contributed by atoms with Crippen LogP contribution in [0.1, 0.15) is 59.4 Å². The highest BCUT2D eigenvalue weighted by atomic mass is 35.5. The Morgan fingerprint density at radius 2 is 1.76 bits per heavy atom. The van der Waals surface area contributed by atoms with Gasteiger partial charge < -0.3 is 14.6 Å². The lowest BCUT2D eigenvalue weighted by atomic mass is 10.1. The highest BCUT2D eigenvalue weighted by Crippen LogP contribution is 2.20. The monoisotopic (exact) mass is 517 g/mol. The van der Waals surface area contributed by atoms with Crippen molar-refractivity contribution in [1.82, 2.24) is 14.9 Å². The molecule has 1 N–H and O–H groups in total. The van der Waals surface area contributed by atoms with Crippen molar-refractivity contribution in [2.24, 2.45) is 0 Å². The van der Waals surface area contributed by atoms with E-state index in [0.717, 1.165) is 73.3 Å². The van der Waals surface area contributed by atoms with Crippen molar-refractivity contribution in [2.45, 2.75) is 58.9 Å². The standard InChI is InChI=1S/C31H36ClN3O2/c1-23-13-18-27(24(2)22-23)31(36)33-19-7-3-4-12-30-34-28-10-5-6-11-29(28)35(30)20-8-9-21-37-26-16-14-25(32)15-17-26/h5-6,10-11,13-18,22H,3-4,7-9,12,19-21H2,1-2H3,(H,33,36). The summed E-state index contributed by atoms with van der Waals surface area (Å²) in [5.41, 5.74) is 5.20. The number of hydrogen-bond donors (Lipinski definition) is 1. The third-order valence-electron chi connectivity index (χ3n) is 6.58. The summed E-state index contributed by atoms with van der Waals surface area (Å²) in [6.07, 6.45) is 5.97. The number of carbonyl (C=O) groups is 1. The van der Waals surface area contributed by atoms with Crippen LogP contribution in [0.4, 0.5) is 0 Å². The van der Waals surface area contributed by atoms with Crippen LogP contribution in [0.25, 0.3) is 11.0 Å². The summed E-state index contributed by atoms with van der Waals surface area (Å²) in [5, 5.41) is 3.78. The molecule has 0 unspecified atom stereocenters. The molecule has 0 spiro atoms. The second kappa shape index (κ2) is 13.3. The normalized spacial score (nSPS) is 11.1. The largest absolute Gasteiger partial charge is 0.494 e. The molecule has 0 aliphatic heterocycles. The van der Waals surface area contributed by atoms with Crippen LogP contribution in [0.5, 0.6) is 5.75 Å². The molecule has 194 valence electrons. The van der Waals surface area contributed by atoms with Gasteiger partial charge in [-0.3, -0.25) is 4.79 Å². The first-order valence-electron chi connectivity index (χ1n) is 13.2. The highest BCUT2D eigenvalue weighted by Gasteiger charge is 2.11. The Kier molecular flexibility index (Phi) is 9.61. The maximum absolute atomic E-state index is 12.5. The minimum atomic E-state index is 0.0133. The first-order valence-corrected chi connectivity index (χ1v) is 13.6. The van der Waals surface area contributed by atoms with Crippen LogP contribution >= 0.6 is 11.6 Å². The van der Waals surface area contributed by atoms with E-state index < -0.39 is 0 Å². The number of imidazole rings is 1. The van der Waals surface area contributed by atoms with Crippen molar-refractivity contribution in [3.63, 3.8) is 0 Å². The van der Waals surface area contributed by atoms with E-state index in [0.29, 0.717) is 18.2 Å². The molecule has 6 heteroatoms. The average Bonchev–Trinajstić information content (AvgIpc) is 3.24. The molecule has 3 aromatic carbocycles. The van der Waals surface area contributed by atoms with E-state index >= 15 is 0 Å². The Morgan fingerprint density at radius 3 is 2.57 bits per heavy atom. The number of hydrogen-bond acceptors (Lipinski definition) is 3. The Balaban J connectivity index is 1.22. The molecule has 1 aromatic heterocycles. The molecule has 37 heavy (non-hydrogen) atoms. The summed E-state index contributed by atoms with van der Waals surface area (Å²) in [6, 6.07) is 21.8. The summed E-state index contributed by atoms with van der Waals surface area (Å²) in [4.78, 5) is 17.4. The van der Waals surface area contributed by atoms with Crippen LogP contribution in [-0.2, 0) is 13.0 Å². The van der Waals surface area contributed by atoms with Gasteiger partial charge in [0, 0.05) is 30.1 Å². The van der Waals surface area contributed by atoms with Crippen LogP contribution in [0.15, 0.2) is 66.7 Å². The molecule has 0 atom stereocenters. The van der Waals surface area contributed by atoms with E-state index in [2.05, 4.69) is 28.1 Å². The molecule has 0 fully saturated rings. The van der Waals surface area contributed by atoms with Crippen LogP contribution in [0.3, 0.4) is 0 Å². The number of unbranched alkanes of at least 4 members (excludes halogenated alkanes) is 3. The second-order valence-electron chi connectivity index (χ2n) is 9.56. The van der Waals surface area contributed by atoms with Gasteiger partial charge in [0.05, 0.1) is 17.6 Å². The lowest BCUT2D eigenvalue weighted by Gasteiger charge is -2.11. The smallest absolute Gasteiger partial charge is 0.251 e. The Bertz CT molecular complexity index is 1310. The minimum Gasteiger partial charge on any atom is -0.494 e. The third-order valence-corrected chi connectivity index (χ3v) is 6.83. The molecular weight excluding hydrogens is 482 g/mol. The molecule has 0 aliphatic rings. The predicted molar refractivity (Wildman–Crippen MR) is 152 cm³/mol. The maximum atomic E-state index is 12.5. The zero-order valence-corrected chi connectivity index (χ0v) is 22.6. The van der Waals surface area contributed by atoms with E-state index in [4.69, 9.17) is 21.3 Å². The second-order valence-corrected chi connectivity index (χ2v) is 10.00. The van der Waals surface area contributed by atoms with E-state index in [-0.39, 0.29) is 5.91 Å². The SMILES string of the molecule is Cc1ccc(C(=O)NCCCCCc2nc3ccccc3n2CCCCOc2ccc(Cl)cc2)c(C)c1. The Hall–Kier alpha value is -3.31. The molecule has 0 saturated carbocycles. The molecule has 5 nitrogen and oxygen atoms in total. The fourth-order valence-corrected chi connectivity index (χ4v) is 4.73. The number of ether oxygens (including phenoxy) is 1. The van der Waals surface area contributed by atoms with Crippen LogP contribution in [0.2, 0.25) is 5.02 Å². The van der Waals surface area contributed by atoms with Crippen molar-refractivity contribution in [1.29, 1.82) is 0 Å². The number of nitrogens with one attached hydrogen (secondary N) is 1. The number of amides is 1. The van der Waals surface area contributed by atoms with E-state index in [1.54, 1.807) is 0 Å². The number of halogens is 1. The van der Waals surface area contributed by atoms with Crippen LogP contribution < -0.4 is 10.1 Å². The summed E-state index contributed by atoms with van der Waals surface area (Å²) >= 11 is 5.94. The van der Waals surface area contributed by atoms with Crippen molar-refractivity contribution < 1.29 is 9.53 Å². The summed E-state index contributed by atoms with van der Waals surface area (Å²) in [5.74, 6) is 2.00. The lowest BCUT2D eigenvalue weighted by Crippen LogP contribution is -2.25. The lowest BCUT2D eigenvalue weighted by molar-refractivity contribution is 0.0952. The van der Waals surface area contributed by atoms with Gasteiger partial charge in [-0.05, 0) is 87.6 Å². The minimum absolute atomic E-state index is 0.0133. The fraction of sp³-hybridized carbons (Fsp3) is 0.355.